The zero-order valence-electron chi connectivity index (χ0n) is 12.4. The minimum Gasteiger partial charge on any atom is -0.369 e. The lowest BCUT2D eigenvalue weighted by Crippen LogP contribution is -2.50. The average molecular weight is 299 g/mol. The molecule has 0 spiro atoms. The third-order valence-corrected chi connectivity index (χ3v) is 3.74. The Hall–Kier alpha value is -1.96. The van der Waals surface area contributed by atoms with Gasteiger partial charge in [-0.1, -0.05) is 13.8 Å². The van der Waals surface area contributed by atoms with Crippen molar-refractivity contribution in [1.82, 2.24) is 4.90 Å². The highest BCUT2D eigenvalue weighted by Crippen LogP contribution is 2.23. The van der Waals surface area contributed by atoms with E-state index >= 15 is 0 Å². The lowest BCUT2D eigenvalue weighted by molar-refractivity contribution is -0.140. The minimum atomic E-state index is -1.13. The van der Waals surface area contributed by atoms with Gasteiger partial charge in [-0.15, -0.1) is 0 Å². The van der Waals surface area contributed by atoms with Crippen molar-refractivity contribution in [2.45, 2.75) is 38.8 Å². The van der Waals surface area contributed by atoms with Gasteiger partial charge in [0.1, 0.15) is 12.6 Å². The predicted octanol–water partition coefficient (Wildman–Crippen LogP) is -1.44. The van der Waals surface area contributed by atoms with E-state index in [2.05, 4.69) is 0 Å². The van der Waals surface area contributed by atoms with Crippen LogP contribution in [0.4, 0.5) is 0 Å². The van der Waals surface area contributed by atoms with Crippen molar-refractivity contribution < 1.29 is 23.9 Å². The van der Waals surface area contributed by atoms with Crippen molar-refractivity contribution in [1.29, 1.82) is 0 Å². The molecule has 1 rings (SSSR count). The minimum absolute atomic E-state index is 0.0295. The quantitative estimate of drug-likeness (QED) is 0.619. The molecule has 118 valence electrons. The maximum atomic E-state index is 12.1. The largest absolute Gasteiger partial charge is 0.369 e. The summed E-state index contributed by atoms with van der Waals surface area (Å²) in [5.41, 5.74) is 9.57. The number of carbonyl (C=O) groups excluding carboxylic acids is 4. The zero-order valence-corrected chi connectivity index (χ0v) is 12.4. The van der Waals surface area contributed by atoms with E-state index in [1.807, 2.05) is 0 Å². The van der Waals surface area contributed by atoms with Crippen LogP contribution in [0.3, 0.4) is 0 Å². The van der Waals surface area contributed by atoms with Crippen LogP contribution in [0.1, 0.15) is 26.7 Å². The van der Waals surface area contributed by atoms with Gasteiger partial charge in [0.05, 0.1) is 0 Å². The molecule has 21 heavy (non-hydrogen) atoms. The van der Waals surface area contributed by atoms with Crippen LogP contribution in [0.5, 0.6) is 0 Å². The third-order valence-electron chi connectivity index (χ3n) is 3.74. The Morgan fingerprint density at radius 2 is 1.90 bits per heavy atom. The van der Waals surface area contributed by atoms with Crippen molar-refractivity contribution in [3.63, 3.8) is 0 Å². The Kier molecular flexibility index (Phi) is 5.06. The standard InChI is InChI=1S/C13H21N3O5/c1-13(2,12(15)20)5-4-8(18)16(3)9-7(17)6-21-10(9)11(14)19/h9-10H,4-6H2,1-3H3,(H2,14,19)(H2,15,20). The summed E-state index contributed by atoms with van der Waals surface area (Å²) in [5, 5.41) is 0. The Morgan fingerprint density at radius 1 is 1.33 bits per heavy atom. The predicted molar refractivity (Wildman–Crippen MR) is 72.7 cm³/mol. The van der Waals surface area contributed by atoms with Gasteiger partial charge in [0.15, 0.2) is 11.9 Å². The number of ether oxygens (including phenoxy) is 1. The maximum Gasteiger partial charge on any atom is 0.249 e. The molecule has 0 aromatic rings. The van der Waals surface area contributed by atoms with E-state index in [-0.39, 0.29) is 31.1 Å². The van der Waals surface area contributed by atoms with Crippen LogP contribution in [0.2, 0.25) is 0 Å². The van der Waals surface area contributed by atoms with E-state index < -0.39 is 29.4 Å². The molecule has 0 bridgehead atoms. The molecule has 0 radical (unpaired) electrons. The van der Waals surface area contributed by atoms with E-state index in [1.165, 1.54) is 7.05 Å². The van der Waals surface area contributed by atoms with Crippen LogP contribution in [0.15, 0.2) is 0 Å². The lowest BCUT2D eigenvalue weighted by Gasteiger charge is -2.27. The maximum absolute atomic E-state index is 12.1. The second-order valence-corrected chi connectivity index (χ2v) is 5.80. The first-order chi connectivity index (χ1) is 9.58. The van der Waals surface area contributed by atoms with Crippen molar-refractivity contribution in [2.75, 3.05) is 13.7 Å². The van der Waals surface area contributed by atoms with E-state index in [9.17, 15) is 19.2 Å². The first kappa shape index (κ1) is 17.1. The van der Waals surface area contributed by atoms with Gasteiger partial charge >= 0.3 is 0 Å². The second kappa shape index (κ2) is 6.21. The normalized spacial score (nSPS) is 22.1. The van der Waals surface area contributed by atoms with Gasteiger partial charge in [0, 0.05) is 18.9 Å². The highest BCUT2D eigenvalue weighted by Gasteiger charge is 2.43. The number of amides is 3. The number of nitrogens with two attached hydrogens (primary N) is 2. The Labute approximate surface area is 122 Å². The molecule has 8 heteroatoms. The molecule has 8 nitrogen and oxygen atoms in total. The van der Waals surface area contributed by atoms with Crippen LogP contribution in [-0.2, 0) is 23.9 Å². The summed E-state index contributed by atoms with van der Waals surface area (Å²) in [4.78, 5) is 47.5. The molecular formula is C13H21N3O5. The fourth-order valence-electron chi connectivity index (χ4n) is 2.05. The van der Waals surface area contributed by atoms with Crippen molar-refractivity contribution in [2.24, 2.45) is 16.9 Å². The summed E-state index contributed by atoms with van der Waals surface area (Å²) >= 11 is 0. The third kappa shape index (κ3) is 3.78. The smallest absolute Gasteiger partial charge is 0.249 e. The monoisotopic (exact) mass is 299 g/mol. The summed E-state index contributed by atoms with van der Waals surface area (Å²) in [6.07, 6.45) is -0.855. The number of hydrogen-bond acceptors (Lipinski definition) is 5. The van der Waals surface area contributed by atoms with Gasteiger partial charge in [0.25, 0.3) is 0 Å². The number of Topliss-reactive ketones (excluding diaryl/α,β-unsaturated/α-hetero) is 1. The molecule has 3 amide bonds. The Balaban J connectivity index is 2.71. The van der Waals surface area contributed by atoms with Crippen LogP contribution in [0, 0.1) is 5.41 Å². The van der Waals surface area contributed by atoms with Crippen LogP contribution >= 0.6 is 0 Å². The van der Waals surface area contributed by atoms with Gasteiger partial charge in [-0.2, -0.15) is 0 Å². The summed E-state index contributed by atoms with van der Waals surface area (Å²) in [6, 6.07) is -1.01. The van der Waals surface area contributed by atoms with Gasteiger partial charge < -0.3 is 21.1 Å². The van der Waals surface area contributed by atoms with E-state index in [4.69, 9.17) is 16.2 Å². The number of rotatable bonds is 6. The van der Waals surface area contributed by atoms with Crippen molar-refractivity contribution >= 4 is 23.5 Å². The summed E-state index contributed by atoms with van der Waals surface area (Å²) in [5.74, 6) is -2.04. The highest BCUT2D eigenvalue weighted by atomic mass is 16.5. The Morgan fingerprint density at radius 3 is 2.38 bits per heavy atom. The average Bonchev–Trinajstić information content (AvgIpc) is 2.77. The topological polar surface area (TPSA) is 133 Å². The molecule has 0 saturated carbocycles. The summed E-state index contributed by atoms with van der Waals surface area (Å²) in [7, 11) is 1.41. The highest BCUT2D eigenvalue weighted by molar-refractivity contribution is 5.98. The summed E-state index contributed by atoms with van der Waals surface area (Å²) in [6.45, 7) is 3.03. The first-order valence-corrected chi connectivity index (χ1v) is 6.57. The number of primary amides is 2. The number of hydrogen-bond donors (Lipinski definition) is 2. The molecule has 4 N–H and O–H groups in total. The molecule has 0 aromatic heterocycles. The van der Waals surface area contributed by atoms with Gasteiger partial charge in [-0.25, -0.2) is 0 Å². The first-order valence-electron chi connectivity index (χ1n) is 6.57. The lowest BCUT2D eigenvalue weighted by atomic mass is 9.87. The van der Waals surface area contributed by atoms with Crippen molar-refractivity contribution in [3.05, 3.63) is 0 Å². The molecule has 1 fully saturated rings. The molecule has 2 unspecified atom stereocenters. The number of ketones is 1. The molecule has 0 aromatic carbocycles. The van der Waals surface area contributed by atoms with Gasteiger partial charge in [-0.3, -0.25) is 19.2 Å². The Bertz CT molecular complexity index is 474. The molecule has 1 heterocycles. The van der Waals surface area contributed by atoms with E-state index in [0.717, 1.165) is 4.90 Å². The van der Waals surface area contributed by atoms with E-state index in [0.29, 0.717) is 0 Å². The molecule has 0 aliphatic carbocycles. The van der Waals surface area contributed by atoms with Crippen LogP contribution < -0.4 is 11.5 Å². The zero-order chi connectivity index (χ0) is 16.4. The molecule has 1 aliphatic rings. The van der Waals surface area contributed by atoms with Gasteiger partial charge in [-0.05, 0) is 6.42 Å². The fourth-order valence-corrected chi connectivity index (χ4v) is 2.05. The molecule has 2 atom stereocenters. The summed E-state index contributed by atoms with van der Waals surface area (Å²) < 4.78 is 5.00. The van der Waals surface area contributed by atoms with Crippen molar-refractivity contribution in [3.8, 4) is 0 Å². The van der Waals surface area contributed by atoms with Crippen LogP contribution in [-0.4, -0.2) is 54.2 Å². The fraction of sp³-hybridized carbons (Fsp3) is 0.692. The number of carbonyl (C=O) groups is 4. The molecule has 1 aliphatic heterocycles. The van der Waals surface area contributed by atoms with Crippen LogP contribution in [0.25, 0.3) is 0 Å². The number of likely N-dealkylation sites (N-methyl/N-ethyl adjacent to an activating group) is 1. The molecular weight excluding hydrogens is 278 g/mol. The second-order valence-electron chi connectivity index (χ2n) is 5.80. The van der Waals surface area contributed by atoms with Gasteiger partial charge in [0.2, 0.25) is 17.7 Å². The molecule has 1 saturated heterocycles. The number of nitrogens with zero attached hydrogens (tertiary/aromatic N) is 1. The SMILES string of the molecule is CN(C(=O)CCC(C)(C)C(N)=O)C1C(=O)COC1C(N)=O. The van der Waals surface area contributed by atoms with E-state index in [1.54, 1.807) is 13.8 Å².